The Balaban J connectivity index is 1.63. The van der Waals surface area contributed by atoms with E-state index in [4.69, 9.17) is 9.47 Å². The summed E-state index contributed by atoms with van der Waals surface area (Å²) in [6, 6.07) is 0. The maximum absolute atomic E-state index is 12.5. The topological polar surface area (TPSA) is 67.5 Å². The second kappa shape index (κ2) is 5.93. The van der Waals surface area contributed by atoms with Crippen molar-refractivity contribution >= 4 is 5.91 Å². The Morgan fingerprint density at radius 3 is 2.90 bits per heavy atom. The minimum absolute atomic E-state index is 0.112. The van der Waals surface area contributed by atoms with Crippen molar-refractivity contribution in [2.45, 2.75) is 25.9 Å². The van der Waals surface area contributed by atoms with Crippen LogP contribution in [0, 0.1) is 12.8 Å². The third-order valence-electron chi connectivity index (χ3n) is 3.98. The van der Waals surface area contributed by atoms with Crippen molar-refractivity contribution in [2.75, 3.05) is 32.9 Å². The molecule has 6 nitrogen and oxygen atoms in total. The molecule has 3 rings (SSSR count). The second-order valence-corrected chi connectivity index (χ2v) is 5.48. The van der Waals surface area contributed by atoms with E-state index in [1.54, 1.807) is 6.20 Å². The molecule has 1 amide bonds. The molecule has 1 N–H and O–H groups in total. The van der Waals surface area contributed by atoms with Crippen LogP contribution in [-0.4, -0.2) is 53.7 Å². The van der Waals surface area contributed by atoms with E-state index in [0.29, 0.717) is 32.9 Å². The van der Waals surface area contributed by atoms with E-state index in [1.807, 2.05) is 11.8 Å². The molecule has 0 spiro atoms. The number of morpholine rings is 1. The fourth-order valence-corrected chi connectivity index (χ4v) is 2.81. The van der Waals surface area contributed by atoms with Crippen molar-refractivity contribution in [1.82, 2.24) is 14.9 Å². The highest BCUT2D eigenvalue weighted by Gasteiger charge is 2.31. The van der Waals surface area contributed by atoms with Gasteiger partial charge in [0.15, 0.2) is 0 Å². The Kier molecular flexibility index (Phi) is 4.03. The molecule has 1 aromatic heterocycles. The SMILES string of the molecule is Cc1cnc(C2CN(C(=O)C3CCOCC3)CCO2)[nH]1. The second-order valence-electron chi connectivity index (χ2n) is 5.48. The first-order valence-electron chi connectivity index (χ1n) is 7.23. The predicted molar refractivity (Wildman–Crippen MR) is 72.1 cm³/mol. The average molecular weight is 279 g/mol. The molecule has 2 aliphatic heterocycles. The van der Waals surface area contributed by atoms with E-state index < -0.39 is 0 Å². The molecule has 0 aromatic carbocycles. The van der Waals surface area contributed by atoms with Crippen LogP contribution in [0.5, 0.6) is 0 Å². The van der Waals surface area contributed by atoms with E-state index in [1.165, 1.54) is 0 Å². The monoisotopic (exact) mass is 279 g/mol. The van der Waals surface area contributed by atoms with Crippen LogP contribution >= 0.6 is 0 Å². The van der Waals surface area contributed by atoms with E-state index >= 15 is 0 Å². The van der Waals surface area contributed by atoms with Gasteiger partial charge in [0.05, 0.1) is 13.2 Å². The Labute approximate surface area is 118 Å². The third-order valence-corrected chi connectivity index (χ3v) is 3.98. The Hall–Kier alpha value is -1.40. The van der Waals surface area contributed by atoms with Gasteiger partial charge in [0.2, 0.25) is 5.91 Å². The Bertz CT molecular complexity index is 468. The summed E-state index contributed by atoms with van der Waals surface area (Å²) in [6.07, 6.45) is 3.32. The summed E-state index contributed by atoms with van der Waals surface area (Å²) in [5, 5.41) is 0. The summed E-state index contributed by atoms with van der Waals surface area (Å²) in [4.78, 5) is 21.9. The number of H-pyrrole nitrogens is 1. The lowest BCUT2D eigenvalue weighted by molar-refractivity contribution is -0.146. The number of aromatic nitrogens is 2. The summed E-state index contributed by atoms with van der Waals surface area (Å²) in [7, 11) is 0. The highest BCUT2D eigenvalue weighted by Crippen LogP contribution is 2.24. The lowest BCUT2D eigenvalue weighted by Gasteiger charge is -2.35. The molecule has 2 aliphatic rings. The summed E-state index contributed by atoms with van der Waals surface area (Å²) < 4.78 is 11.1. The van der Waals surface area contributed by atoms with Gasteiger partial charge in [0, 0.05) is 37.6 Å². The number of amides is 1. The number of carbonyl (C=O) groups excluding carboxylic acids is 1. The third kappa shape index (κ3) is 2.86. The number of carbonyl (C=O) groups is 1. The number of rotatable bonds is 2. The first kappa shape index (κ1) is 13.6. The van der Waals surface area contributed by atoms with Gasteiger partial charge in [0.1, 0.15) is 11.9 Å². The van der Waals surface area contributed by atoms with Crippen molar-refractivity contribution in [1.29, 1.82) is 0 Å². The zero-order valence-electron chi connectivity index (χ0n) is 11.8. The van der Waals surface area contributed by atoms with Crippen LogP contribution in [0.4, 0.5) is 0 Å². The van der Waals surface area contributed by atoms with Crippen LogP contribution < -0.4 is 0 Å². The van der Waals surface area contributed by atoms with Crippen molar-refractivity contribution < 1.29 is 14.3 Å². The van der Waals surface area contributed by atoms with Crippen LogP contribution in [0.2, 0.25) is 0 Å². The minimum atomic E-state index is -0.138. The largest absolute Gasteiger partial charge is 0.381 e. The zero-order chi connectivity index (χ0) is 13.9. The van der Waals surface area contributed by atoms with Crippen LogP contribution in [0.3, 0.4) is 0 Å². The number of aryl methyl sites for hydroxylation is 1. The molecule has 110 valence electrons. The van der Waals surface area contributed by atoms with Gasteiger partial charge in [0.25, 0.3) is 0 Å². The van der Waals surface area contributed by atoms with Crippen LogP contribution in [0.1, 0.15) is 30.5 Å². The van der Waals surface area contributed by atoms with Crippen molar-refractivity contribution in [3.05, 3.63) is 17.7 Å². The molecule has 0 aliphatic carbocycles. The number of imidazole rings is 1. The predicted octanol–water partition coefficient (Wildman–Crippen LogP) is 1.04. The molecular formula is C14H21N3O3. The molecule has 2 fully saturated rings. The Morgan fingerprint density at radius 1 is 1.40 bits per heavy atom. The molecule has 3 heterocycles. The number of hydrogen-bond donors (Lipinski definition) is 1. The quantitative estimate of drug-likeness (QED) is 0.878. The highest BCUT2D eigenvalue weighted by molar-refractivity contribution is 5.79. The fraction of sp³-hybridized carbons (Fsp3) is 0.714. The molecule has 0 bridgehead atoms. The average Bonchev–Trinajstić information content (AvgIpc) is 2.94. The molecule has 2 saturated heterocycles. The summed E-state index contributed by atoms with van der Waals surface area (Å²) in [5.74, 6) is 1.16. The fourth-order valence-electron chi connectivity index (χ4n) is 2.81. The van der Waals surface area contributed by atoms with E-state index in [0.717, 1.165) is 24.4 Å². The van der Waals surface area contributed by atoms with Gasteiger partial charge in [-0.25, -0.2) is 4.98 Å². The number of aromatic amines is 1. The number of nitrogens with one attached hydrogen (secondary N) is 1. The summed E-state index contributed by atoms with van der Waals surface area (Å²) >= 11 is 0. The van der Waals surface area contributed by atoms with Crippen LogP contribution in [0.25, 0.3) is 0 Å². The lowest BCUT2D eigenvalue weighted by Crippen LogP contribution is -2.46. The lowest BCUT2D eigenvalue weighted by atomic mass is 9.98. The molecular weight excluding hydrogens is 258 g/mol. The summed E-state index contributed by atoms with van der Waals surface area (Å²) in [6.45, 7) is 5.18. The van der Waals surface area contributed by atoms with Crippen molar-refractivity contribution in [3.8, 4) is 0 Å². The standard InChI is InChI=1S/C14H21N3O3/c1-10-8-15-13(16-10)12-9-17(4-7-20-12)14(18)11-2-5-19-6-3-11/h8,11-12H,2-7,9H2,1H3,(H,15,16). The van der Waals surface area contributed by atoms with E-state index in [2.05, 4.69) is 9.97 Å². The van der Waals surface area contributed by atoms with Crippen LogP contribution in [0.15, 0.2) is 6.20 Å². The van der Waals surface area contributed by atoms with Crippen LogP contribution in [-0.2, 0) is 14.3 Å². The van der Waals surface area contributed by atoms with Gasteiger partial charge < -0.3 is 19.4 Å². The minimum Gasteiger partial charge on any atom is -0.381 e. The maximum atomic E-state index is 12.5. The van der Waals surface area contributed by atoms with Gasteiger partial charge in [-0.3, -0.25) is 4.79 Å². The molecule has 20 heavy (non-hydrogen) atoms. The smallest absolute Gasteiger partial charge is 0.226 e. The van der Waals surface area contributed by atoms with Gasteiger partial charge in [-0.1, -0.05) is 0 Å². The Morgan fingerprint density at radius 2 is 2.20 bits per heavy atom. The molecule has 6 heteroatoms. The van der Waals surface area contributed by atoms with Gasteiger partial charge in [-0.15, -0.1) is 0 Å². The molecule has 1 atom stereocenters. The van der Waals surface area contributed by atoms with Gasteiger partial charge in [-0.05, 0) is 19.8 Å². The number of hydrogen-bond acceptors (Lipinski definition) is 4. The van der Waals surface area contributed by atoms with E-state index in [9.17, 15) is 4.79 Å². The molecule has 1 unspecified atom stereocenters. The molecule has 1 aromatic rings. The van der Waals surface area contributed by atoms with Gasteiger partial charge in [-0.2, -0.15) is 0 Å². The number of nitrogens with zero attached hydrogens (tertiary/aromatic N) is 2. The van der Waals surface area contributed by atoms with Crippen molar-refractivity contribution in [2.24, 2.45) is 5.92 Å². The van der Waals surface area contributed by atoms with Gasteiger partial charge >= 0.3 is 0 Å². The highest BCUT2D eigenvalue weighted by atomic mass is 16.5. The van der Waals surface area contributed by atoms with Crippen molar-refractivity contribution in [3.63, 3.8) is 0 Å². The normalized spacial score (nSPS) is 24.9. The molecule has 0 radical (unpaired) electrons. The maximum Gasteiger partial charge on any atom is 0.226 e. The first-order chi connectivity index (χ1) is 9.74. The number of ether oxygens (including phenoxy) is 2. The van der Waals surface area contributed by atoms with E-state index in [-0.39, 0.29) is 17.9 Å². The first-order valence-corrected chi connectivity index (χ1v) is 7.23. The summed E-state index contributed by atoms with van der Waals surface area (Å²) in [5.41, 5.74) is 1.01. The molecule has 0 saturated carbocycles. The zero-order valence-corrected chi connectivity index (χ0v) is 11.8.